The highest BCUT2D eigenvalue weighted by Crippen LogP contribution is 2.26. The molecule has 0 saturated carbocycles. The van der Waals surface area contributed by atoms with Gasteiger partial charge in [-0.2, -0.15) is 0 Å². The third-order valence-electron chi connectivity index (χ3n) is 6.41. The van der Waals surface area contributed by atoms with Crippen LogP contribution >= 0.6 is 0 Å². The summed E-state index contributed by atoms with van der Waals surface area (Å²) in [6, 6.07) is 23.3. The zero-order chi connectivity index (χ0) is 26.9. The molecule has 11 heteroatoms. The molecule has 9 nitrogen and oxygen atoms in total. The summed E-state index contributed by atoms with van der Waals surface area (Å²) in [7, 11) is -1.76. The van der Waals surface area contributed by atoms with Crippen LogP contribution in [0.2, 0.25) is 0 Å². The number of aromatic carboxylic acids is 1. The molecule has 2 N–H and O–H groups in total. The molecule has 0 fully saturated rings. The Labute approximate surface area is 223 Å². The summed E-state index contributed by atoms with van der Waals surface area (Å²) < 4.78 is 28.2. The molecule has 6 rings (SSSR count). The van der Waals surface area contributed by atoms with Crippen LogP contribution in [0.5, 0.6) is 23.0 Å². The maximum Gasteiger partial charge on any atom is 0.565 e. The van der Waals surface area contributed by atoms with E-state index in [2.05, 4.69) is 0 Å². The molecule has 0 atom stereocenters. The lowest BCUT2D eigenvalue weighted by Crippen LogP contribution is -2.34. The van der Waals surface area contributed by atoms with Crippen LogP contribution in [0.4, 0.5) is 0 Å². The lowest BCUT2D eigenvalue weighted by atomic mass is 9.78. The van der Waals surface area contributed by atoms with E-state index in [4.69, 9.17) is 28.5 Å². The van der Waals surface area contributed by atoms with Gasteiger partial charge in [-0.25, -0.2) is 9.59 Å². The Bertz CT molecular complexity index is 1550. The van der Waals surface area contributed by atoms with Gasteiger partial charge in [0.05, 0.1) is 24.3 Å². The third kappa shape index (κ3) is 5.23. The van der Waals surface area contributed by atoms with Crippen molar-refractivity contribution in [2.75, 3.05) is 0 Å². The van der Waals surface area contributed by atoms with Crippen LogP contribution in [-0.4, -0.2) is 36.3 Å². The van der Waals surface area contributed by atoms with Crippen molar-refractivity contribution in [3.8, 4) is 23.0 Å². The molecule has 0 spiro atoms. The molecule has 2 heterocycles. The molecular weight excluding hydrogens is 502 g/mol. The Hall–Kier alpha value is -4.57. The van der Waals surface area contributed by atoms with Gasteiger partial charge in [0.15, 0.2) is 0 Å². The van der Waals surface area contributed by atoms with E-state index in [-0.39, 0.29) is 12.2 Å². The highest BCUT2D eigenvalue weighted by Gasteiger charge is 2.35. The Kier molecular flexibility index (Phi) is 6.53. The van der Waals surface area contributed by atoms with Gasteiger partial charge < -0.3 is 33.6 Å². The van der Waals surface area contributed by atoms with Gasteiger partial charge in [-0.1, -0.05) is 12.1 Å². The summed E-state index contributed by atoms with van der Waals surface area (Å²) in [6.45, 7) is 0.569. The van der Waals surface area contributed by atoms with Crippen molar-refractivity contribution in [2.24, 2.45) is 0 Å². The van der Waals surface area contributed by atoms with E-state index in [0.29, 0.717) is 35.2 Å². The summed E-state index contributed by atoms with van der Waals surface area (Å²) in [5.74, 6) is 0.640. The van der Waals surface area contributed by atoms with Gasteiger partial charge in [-0.15, -0.1) is 0 Å². The average molecular weight is 522 g/mol. The first kappa shape index (κ1) is 24.7. The molecule has 0 amide bonds. The van der Waals surface area contributed by atoms with E-state index < -0.39 is 26.2 Å². The van der Waals surface area contributed by atoms with E-state index in [1.807, 2.05) is 6.07 Å². The van der Waals surface area contributed by atoms with Gasteiger partial charge in [0.1, 0.15) is 23.0 Å². The fourth-order valence-corrected chi connectivity index (χ4v) is 4.39. The first-order chi connectivity index (χ1) is 18.9. The fourth-order valence-electron chi connectivity index (χ4n) is 4.39. The SMILES string of the molecule is O=C(O)c1ccc(Oc2ccc3c(c2)COB3OC(=O)c2ccc(Oc3ccc4c(c3)COB4O)cc2)cc1. The van der Waals surface area contributed by atoms with Crippen LogP contribution in [0.1, 0.15) is 31.8 Å². The Morgan fingerprint density at radius 3 is 1.79 bits per heavy atom. The number of benzene rings is 4. The third-order valence-corrected chi connectivity index (χ3v) is 6.41. The molecule has 0 unspecified atom stereocenters. The number of carboxylic acids is 1. The zero-order valence-electron chi connectivity index (χ0n) is 20.4. The second-order valence-electron chi connectivity index (χ2n) is 8.99. The first-order valence-corrected chi connectivity index (χ1v) is 12.1. The summed E-state index contributed by atoms with van der Waals surface area (Å²) >= 11 is 0. The number of hydrogen-bond acceptors (Lipinski definition) is 8. The number of carbonyl (C=O) groups excluding carboxylic acids is 1. The number of fused-ring (bicyclic) bond motifs is 2. The van der Waals surface area contributed by atoms with Crippen LogP contribution in [0, 0.1) is 0 Å². The van der Waals surface area contributed by atoms with Crippen molar-refractivity contribution in [1.29, 1.82) is 0 Å². The molecule has 0 saturated heterocycles. The molecule has 0 aliphatic carbocycles. The molecule has 4 aromatic rings. The Balaban J connectivity index is 1.07. The molecule has 2 aliphatic rings. The summed E-state index contributed by atoms with van der Waals surface area (Å²) in [4.78, 5) is 23.8. The zero-order valence-corrected chi connectivity index (χ0v) is 20.4. The molecule has 2 aliphatic heterocycles. The minimum Gasteiger partial charge on any atom is -0.502 e. The second kappa shape index (κ2) is 10.3. The molecule has 39 heavy (non-hydrogen) atoms. The van der Waals surface area contributed by atoms with Crippen LogP contribution in [0.15, 0.2) is 84.9 Å². The van der Waals surface area contributed by atoms with Gasteiger partial charge in [0.2, 0.25) is 0 Å². The van der Waals surface area contributed by atoms with E-state index in [1.165, 1.54) is 12.1 Å². The van der Waals surface area contributed by atoms with Crippen LogP contribution in [-0.2, 0) is 27.2 Å². The van der Waals surface area contributed by atoms with Crippen molar-refractivity contribution in [3.63, 3.8) is 0 Å². The molecule has 192 valence electrons. The Morgan fingerprint density at radius 1 is 0.667 bits per heavy atom. The van der Waals surface area contributed by atoms with Crippen molar-refractivity contribution in [2.45, 2.75) is 13.2 Å². The smallest absolute Gasteiger partial charge is 0.502 e. The molecule has 0 aromatic heterocycles. The topological polar surface area (TPSA) is 121 Å². The van der Waals surface area contributed by atoms with E-state index in [9.17, 15) is 14.6 Å². The number of ether oxygens (including phenoxy) is 2. The highest BCUT2D eigenvalue weighted by atomic mass is 16.6. The Morgan fingerprint density at radius 2 is 1.18 bits per heavy atom. The standard InChI is InChI=1S/C28H20B2O9/c31-27(32)17-1-5-21(6-2-17)37-24-10-12-26-20(14-24)16-36-30(26)39-28(33)18-3-7-22(8-4-18)38-23-9-11-25-19(13-23)15-35-29(25)34/h1-14,34H,15-16H2,(H,31,32). The maximum absolute atomic E-state index is 12.8. The van der Waals surface area contributed by atoms with Crippen molar-refractivity contribution < 1.29 is 43.2 Å². The molecule has 4 aromatic carbocycles. The van der Waals surface area contributed by atoms with Gasteiger partial charge in [-0.05, 0) is 89.4 Å². The summed E-state index contributed by atoms with van der Waals surface area (Å²) in [6.07, 6.45) is 0. The van der Waals surface area contributed by atoms with Crippen LogP contribution in [0.25, 0.3) is 0 Å². The van der Waals surface area contributed by atoms with Crippen molar-refractivity contribution >= 4 is 37.1 Å². The lowest BCUT2D eigenvalue weighted by molar-refractivity contribution is 0.0681. The quantitative estimate of drug-likeness (QED) is 0.353. The summed E-state index contributed by atoms with van der Waals surface area (Å²) in [5.41, 5.74) is 3.66. The second-order valence-corrected chi connectivity index (χ2v) is 8.99. The van der Waals surface area contributed by atoms with Gasteiger partial charge in [-0.3, -0.25) is 0 Å². The minimum atomic E-state index is -1.01. The van der Waals surface area contributed by atoms with Crippen molar-refractivity contribution in [1.82, 2.24) is 0 Å². The minimum absolute atomic E-state index is 0.174. The first-order valence-electron chi connectivity index (χ1n) is 12.1. The molecule has 0 radical (unpaired) electrons. The average Bonchev–Trinajstić information content (AvgIpc) is 3.51. The van der Waals surface area contributed by atoms with Crippen LogP contribution in [0.3, 0.4) is 0 Å². The normalized spacial score (nSPS) is 13.6. The van der Waals surface area contributed by atoms with Gasteiger partial charge >= 0.3 is 26.2 Å². The number of carbonyl (C=O) groups is 2. The van der Waals surface area contributed by atoms with Crippen LogP contribution < -0.4 is 20.4 Å². The fraction of sp³-hybridized carbons (Fsp3) is 0.0714. The number of carboxylic acid groups (broad SMARTS) is 1. The van der Waals surface area contributed by atoms with E-state index in [0.717, 1.165) is 22.1 Å². The van der Waals surface area contributed by atoms with Crippen molar-refractivity contribution in [3.05, 3.63) is 107 Å². The number of rotatable bonds is 7. The lowest BCUT2D eigenvalue weighted by Gasteiger charge is -2.11. The molecular formula is C28H20B2O9. The van der Waals surface area contributed by atoms with Gasteiger partial charge in [0, 0.05) is 5.46 Å². The molecule has 0 bridgehead atoms. The number of hydrogen-bond donors (Lipinski definition) is 2. The predicted octanol–water partition coefficient (Wildman–Crippen LogP) is 3.27. The van der Waals surface area contributed by atoms with E-state index >= 15 is 0 Å². The highest BCUT2D eigenvalue weighted by molar-refractivity contribution is 6.64. The monoisotopic (exact) mass is 522 g/mol. The van der Waals surface area contributed by atoms with E-state index in [1.54, 1.807) is 66.7 Å². The largest absolute Gasteiger partial charge is 0.565 e. The maximum atomic E-state index is 12.8. The predicted molar refractivity (Wildman–Crippen MR) is 141 cm³/mol. The van der Waals surface area contributed by atoms with Gasteiger partial charge in [0.25, 0.3) is 0 Å². The summed E-state index contributed by atoms with van der Waals surface area (Å²) in [5, 5.41) is 18.8.